The normalized spacial score (nSPS) is 9.12. The molecule has 84 valence electrons. The van der Waals surface area contributed by atoms with Crippen molar-refractivity contribution in [3.8, 4) is 11.8 Å². The van der Waals surface area contributed by atoms with E-state index in [0.717, 1.165) is 0 Å². The molecule has 1 N–H and O–H groups in total. The molecule has 0 saturated heterocycles. The highest BCUT2D eigenvalue weighted by Crippen LogP contribution is 2.20. The van der Waals surface area contributed by atoms with Crippen LogP contribution in [-0.4, -0.2) is 16.5 Å². The van der Waals surface area contributed by atoms with E-state index in [4.69, 9.17) is 11.6 Å². The van der Waals surface area contributed by atoms with E-state index < -0.39 is 4.92 Å². The largest absolute Gasteiger partial charge is 0.369 e. The number of anilines is 1. The first-order valence-corrected chi connectivity index (χ1v) is 4.96. The van der Waals surface area contributed by atoms with Gasteiger partial charge in [0, 0.05) is 13.0 Å². The minimum Gasteiger partial charge on any atom is -0.369 e. The average Bonchev–Trinajstić information content (AvgIpc) is 2.23. The average molecular weight is 240 g/mol. The fraction of sp³-hybridized carbons (Fsp3) is 0.300. The Labute approximate surface area is 98.0 Å². The van der Waals surface area contributed by atoms with E-state index in [9.17, 15) is 10.1 Å². The summed E-state index contributed by atoms with van der Waals surface area (Å²) in [4.78, 5) is 14.0. The van der Waals surface area contributed by atoms with Crippen LogP contribution in [0.3, 0.4) is 0 Å². The zero-order valence-electron chi connectivity index (χ0n) is 8.66. The van der Waals surface area contributed by atoms with E-state index in [-0.39, 0.29) is 10.8 Å². The van der Waals surface area contributed by atoms with Gasteiger partial charge in [-0.3, -0.25) is 10.1 Å². The molecule has 0 aliphatic carbocycles. The van der Waals surface area contributed by atoms with E-state index in [1.54, 1.807) is 6.92 Å². The second kappa shape index (κ2) is 5.93. The van der Waals surface area contributed by atoms with E-state index in [1.807, 2.05) is 0 Å². The van der Waals surface area contributed by atoms with Crippen LogP contribution in [0.5, 0.6) is 0 Å². The molecule has 0 radical (unpaired) electrons. The summed E-state index contributed by atoms with van der Waals surface area (Å²) in [5.41, 5.74) is -0.0796. The first-order chi connectivity index (χ1) is 7.63. The van der Waals surface area contributed by atoms with Gasteiger partial charge in [0.2, 0.25) is 0 Å². The van der Waals surface area contributed by atoms with Crippen molar-refractivity contribution in [2.45, 2.75) is 13.3 Å². The van der Waals surface area contributed by atoms with Gasteiger partial charge >= 0.3 is 0 Å². The number of rotatable bonds is 4. The molecular weight excluding hydrogens is 230 g/mol. The standard InChI is InChI=1S/C10H10ClN3O2/c1-2-3-4-5-12-10-7-8(14(15)16)6-9(11)13-10/h6-7H,4-5H2,1H3,(H,12,13). The van der Waals surface area contributed by atoms with Crippen LogP contribution >= 0.6 is 11.6 Å². The van der Waals surface area contributed by atoms with Crippen LogP contribution in [0.4, 0.5) is 11.5 Å². The molecule has 0 spiro atoms. The third-order valence-corrected chi connectivity index (χ3v) is 1.92. The lowest BCUT2D eigenvalue weighted by Gasteiger charge is -2.03. The SMILES string of the molecule is CC#CCCNc1cc([N+](=O)[O-])cc(Cl)n1. The fourth-order valence-electron chi connectivity index (χ4n) is 1.06. The smallest absolute Gasteiger partial charge is 0.276 e. The van der Waals surface area contributed by atoms with Crippen molar-refractivity contribution in [3.05, 3.63) is 27.4 Å². The third kappa shape index (κ3) is 3.75. The molecule has 5 nitrogen and oxygen atoms in total. The predicted molar refractivity (Wildman–Crippen MR) is 62.5 cm³/mol. The molecule has 0 bridgehead atoms. The molecule has 0 aliphatic heterocycles. The van der Waals surface area contributed by atoms with Crippen LogP contribution in [0.15, 0.2) is 12.1 Å². The highest BCUT2D eigenvalue weighted by Gasteiger charge is 2.09. The summed E-state index contributed by atoms with van der Waals surface area (Å²) in [6.07, 6.45) is 0.651. The minimum absolute atomic E-state index is 0.0796. The van der Waals surface area contributed by atoms with Gasteiger partial charge in [-0.2, -0.15) is 0 Å². The molecule has 16 heavy (non-hydrogen) atoms. The van der Waals surface area contributed by atoms with Gasteiger partial charge in [-0.1, -0.05) is 11.6 Å². The van der Waals surface area contributed by atoms with Gasteiger partial charge in [0.05, 0.1) is 17.1 Å². The Morgan fingerprint density at radius 2 is 2.38 bits per heavy atom. The first kappa shape index (κ1) is 12.3. The molecule has 6 heteroatoms. The van der Waals surface area contributed by atoms with Crippen molar-refractivity contribution in [2.24, 2.45) is 0 Å². The Morgan fingerprint density at radius 1 is 1.62 bits per heavy atom. The van der Waals surface area contributed by atoms with Gasteiger partial charge in [-0.15, -0.1) is 11.8 Å². The number of hydrogen-bond donors (Lipinski definition) is 1. The summed E-state index contributed by atoms with van der Waals surface area (Å²) < 4.78 is 0. The molecule has 1 aromatic heterocycles. The minimum atomic E-state index is -0.509. The van der Waals surface area contributed by atoms with Crippen molar-refractivity contribution in [1.82, 2.24) is 4.98 Å². The molecule has 0 saturated carbocycles. The summed E-state index contributed by atoms with van der Waals surface area (Å²) in [6.45, 7) is 2.33. The van der Waals surface area contributed by atoms with Crippen LogP contribution in [0.2, 0.25) is 5.15 Å². The maximum Gasteiger partial charge on any atom is 0.276 e. The summed E-state index contributed by atoms with van der Waals surface area (Å²) in [7, 11) is 0. The Balaban J connectivity index is 2.71. The predicted octanol–water partition coefficient (Wildman–Crippen LogP) is 2.47. The number of halogens is 1. The number of hydrogen-bond acceptors (Lipinski definition) is 4. The van der Waals surface area contributed by atoms with Gasteiger partial charge in [-0.05, 0) is 6.92 Å². The lowest BCUT2D eigenvalue weighted by Crippen LogP contribution is -2.03. The maximum atomic E-state index is 10.6. The Hall–Kier alpha value is -1.80. The Kier molecular flexibility index (Phi) is 4.55. The highest BCUT2D eigenvalue weighted by atomic mass is 35.5. The van der Waals surface area contributed by atoms with Crippen molar-refractivity contribution in [1.29, 1.82) is 0 Å². The number of nitrogens with one attached hydrogen (secondary N) is 1. The van der Waals surface area contributed by atoms with Gasteiger partial charge in [0.25, 0.3) is 5.69 Å². The number of aromatic nitrogens is 1. The first-order valence-electron chi connectivity index (χ1n) is 4.59. The van der Waals surface area contributed by atoms with E-state index in [1.165, 1.54) is 12.1 Å². The quantitative estimate of drug-likeness (QED) is 0.288. The van der Waals surface area contributed by atoms with Crippen LogP contribution in [-0.2, 0) is 0 Å². The topological polar surface area (TPSA) is 68.1 Å². The van der Waals surface area contributed by atoms with E-state index in [0.29, 0.717) is 18.8 Å². The maximum absolute atomic E-state index is 10.6. The van der Waals surface area contributed by atoms with Crippen LogP contribution in [0.1, 0.15) is 13.3 Å². The summed E-state index contributed by atoms with van der Waals surface area (Å²) >= 11 is 5.65. The van der Waals surface area contributed by atoms with Gasteiger partial charge in [0.1, 0.15) is 11.0 Å². The molecule has 0 amide bonds. The third-order valence-electron chi connectivity index (χ3n) is 1.72. The van der Waals surface area contributed by atoms with Gasteiger partial charge < -0.3 is 5.32 Å². The lowest BCUT2D eigenvalue weighted by molar-refractivity contribution is -0.384. The van der Waals surface area contributed by atoms with Crippen LogP contribution in [0.25, 0.3) is 0 Å². The molecule has 0 atom stereocenters. The number of nitrogens with zero attached hydrogens (tertiary/aromatic N) is 2. The van der Waals surface area contributed by atoms with Crippen LogP contribution in [0, 0.1) is 22.0 Å². The van der Waals surface area contributed by atoms with Crippen LogP contribution < -0.4 is 5.32 Å². The summed E-state index contributed by atoms with van der Waals surface area (Å²) in [6, 6.07) is 2.55. The van der Waals surface area contributed by atoms with Crippen molar-refractivity contribution < 1.29 is 4.92 Å². The number of pyridine rings is 1. The molecule has 0 unspecified atom stereocenters. The van der Waals surface area contributed by atoms with E-state index >= 15 is 0 Å². The molecule has 0 aromatic carbocycles. The molecule has 1 aromatic rings. The zero-order chi connectivity index (χ0) is 12.0. The molecule has 0 fully saturated rings. The summed E-state index contributed by atoms with van der Waals surface area (Å²) in [5, 5.41) is 13.6. The Bertz CT molecular complexity index is 451. The van der Waals surface area contributed by atoms with Gasteiger partial charge in [0.15, 0.2) is 0 Å². The van der Waals surface area contributed by atoms with Crippen molar-refractivity contribution in [3.63, 3.8) is 0 Å². The van der Waals surface area contributed by atoms with Crippen molar-refractivity contribution in [2.75, 3.05) is 11.9 Å². The van der Waals surface area contributed by atoms with Crippen molar-refractivity contribution >= 4 is 23.1 Å². The monoisotopic (exact) mass is 239 g/mol. The second-order valence-corrected chi connectivity index (χ2v) is 3.28. The lowest BCUT2D eigenvalue weighted by atomic mass is 10.3. The summed E-state index contributed by atoms with van der Waals surface area (Å²) in [5.74, 6) is 6.00. The molecular formula is C10H10ClN3O2. The highest BCUT2D eigenvalue weighted by molar-refractivity contribution is 6.29. The van der Waals surface area contributed by atoms with E-state index in [2.05, 4.69) is 22.1 Å². The van der Waals surface area contributed by atoms with Gasteiger partial charge in [-0.25, -0.2) is 4.98 Å². The Morgan fingerprint density at radius 3 is 3.00 bits per heavy atom. The molecule has 1 heterocycles. The zero-order valence-corrected chi connectivity index (χ0v) is 9.41. The fourth-order valence-corrected chi connectivity index (χ4v) is 1.26. The number of nitro groups is 1. The molecule has 1 rings (SSSR count). The second-order valence-electron chi connectivity index (χ2n) is 2.89. The molecule has 0 aliphatic rings.